The Hall–Kier alpha value is -2.37. The highest BCUT2D eigenvalue weighted by atomic mass is 16.5. The Balaban J connectivity index is 1.44. The fourth-order valence-electron chi connectivity index (χ4n) is 4.05. The van der Waals surface area contributed by atoms with E-state index in [1.54, 1.807) is 0 Å². The Morgan fingerprint density at radius 1 is 1.15 bits per heavy atom. The number of hydrogen-bond acceptors (Lipinski definition) is 4. The largest absolute Gasteiger partial charge is 0.491 e. The van der Waals surface area contributed by atoms with Crippen molar-refractivity contribution in [3.05, 3.63) is 59.9 Å². The topological polar surface area (TPSA) is 50.5 Å². The van der Waals surface area contributed by atoms with Gasteiger partial charge in [0, 0.05) is 26.1 Å². The molecule has 1 aliphatic heterocycles. The van der Waals surface area contributed by atoms with E-state index in [0.29, 0.717) is 12.5 Å². The summed E-state index contributed by atoms with van der Waals surface area (Å²) in [7, 11) is 2.13. The van der Waals surface area contributed by atoms with Crippen LogP contribution in [0.4, 0.5) is 0 Å². The number of imidazole rings is 1. The van der Waals surface area contributed by atoms with Gasteiger partial charge in [-0.15, -0.1) is 0 Å². The van der Waals surface area contributed by atoms with Crippen molar-refractivity contribution < 1.29 is 9.84 Å². The number of aryl methyl sites for hydroxylation is 1. The molecular weight excluding hydrogens is 338 g/mol. The summed E-state index contributed by atoms with van der Waals surface area (Å²) in [5, 5.41) is 8.84. The van der Waals surface area contributed by atoms with Crippen LogP contribution in [0.25, 0.3) is 11.0 Å². The molecule has 0 unspecified atom stereocenters. The highest BCUT2D eigenvalue weighted by Crippen LogP contribution is 2.29. The van der Waals surface area contributed by atoms with Gasteiger partial charge < -0.3 is 14.4 Å². The Kier molecular flexibility index (Phi) is 5.41. The predicted molar refractivity (Wildman–Crippen MR) is 107 cm³/mol. The molecule has 1 N–H and O–H groups in total. The number of hydrogen-bond donors (Lipinski definition) is 1. The van der Waals surface area contributed by atoms with Crippen LogP contribution in [-0.2, 0) is 13.6 Å². The fraction of sp³-hybridized carbons (Fsp3) is 0.409. The summed E-state index contributed by atoms with van der Waals surface area (Å²) in [6.07, 6.45) is 2.40. The molecule has 0 saturated carbocycles. The van der Waals surface area contributed by atoms with E-state index in [1.165, 1.54) is 29.7 Å². The summed E-state index contributed by atoms with van der Waals surface area (Å²) in [5.41, 5.74) is 3.59. The molecule has 2 aromatic carbocycles. The third kappa shape index (κ3) is 3.99. The van der Waals surface area contributed by atoms with Crippen molar-refractivity contribution in [3.63, 3.8) is 0 Å². The normalized spacial score (nSPS) is 18.1. The second-order valence-corrected chi connectivity index (χ2v) is 7.31. The number of piperidine rings is 1. The number of aromatic nitrogens is 2. The van der Waals surface area contributed by atoms with Crippen LogP contribution in [0, 0.1) is 0 Å². The Morgan fingerprint density at radius 3 is 2.74 bits per heavy atom. The minimum atomic E-state index is 0.0408. The summed E-state index contributed by atoms with van der Waals surface area (Å²) < 4.78 is 7.70. The van der Waals surface area contributed by atoms with E-state index in [-0.39, 0.29) is 6.61 Å². The zero-order chi connectivity index (χ0) is 18.6. The lowest BCUT2D eigenvalue weighted by Crippen LogP contribution is -2.34. The lowest BCUT2D eigenvalue weighted by Gasteiger charge is -2.32. The van der Waals surface area contributed by atoms with Gasteiger partial charge in [0.2, 0.25) is 0 Å². The third-order valence-electron chi connectivity index (χ3n) is 5.38. The van der Waals surface area contributed by atoms with E-state index in [9.17, 15) is 0 Å². The third-order valence-corrected chi connectivity index (χ3v) is 5.38. The first kappa shape index (κ1) is 18.0. The molecule has 0 spiro atoms. The average molecular weight is 365 g/mol. The molecular formula is C22H27N3O2. The van der Waals surface area contributed by atoms with Crippen molar-refractivity contribution in [2.24, 2.45) is 7.05 Å². The van der Waals surface area contributed by atoms with Gasteiger partial charge in [-0.05, 0) is 49.2 Å². The van der Waals surface area contributed by atoms with Gasteiger partial charge >= 0.3 is 0 Å². The molecule has 0 amide bonds. The van der Waals surface area contributed by atoms with Gasteiger partial charge in [0.1, 0.15) is 18.2 Å². The number of nitrogens with zero attached hydrogens (tertiary/aromatic N) is 3. The summed E-state index contributed by atoms with van der Waals surface area (Å²) in [6, 6.07) is 16.6. The van der Waals surface area contributed by atoms with E-state index in [0.717, 1.165) is 30.9 Å². The first-order chi connectivity index (χ1) is 13.2. The molecule has 2 heterocycles. The maximum Gasteiger partial charge on any atom is 0.119 e. The monoisotopic (exact) mass is 365 g/mol. The summed E-state index contributed by atoms with van der Waals surface area (Å²) in [6.45, 7) is 3.49. The van der Waals surface area contributed by atoms with Crippen LogP contribution >= 0.6 is 0 Å². The molecule has 3 aromatic rings. The minimum absolute atomic E-state index is 0.0408. The van der Waals surface area contributed by atoms with Crippen LogP contribution in [-0.4, -0.2) is 45.9 Å². The van der Waals surface area contributed by atoms with E-state index in [4.69, 9.17) is 14.8 Å². The maximum absolute atomic E-state index is 8.84. The number of aliphatic hydroxyl groups excluding tert-OH is 1. The Labute approximate surface area is 160 Å². The summed E-state index contributed by atoms with van der Waals surface area (Å²) >= 11 is 0. The maximum atomic E-state index is 8.84. The van der Waals surface area contributed by atoms with Crippen LogP contribution in [0.2, 0.25) is 0 Å². The predicted octanol–water partition coefficient (Wildman–Crippen LogP) is 3.32. The van der Waals surface area contributed by atoms with Crippen molar-refractivity contribution in [1.82, 2.24) is 14.5 Å². The first-order valence-corrected chi connectivity index (χ1v) is 9.71. The summed E-state index contributed by atoms with van der Waals surface area (Å²) in [5.74, 6) is 2.49. The quantitative estimate of drug-likeness (QED) is 0.728. The summed E-state index contributed by atoms with van der Waals surface area (Å²) in [4.78, 5) is 7.44. The second kappa shape index (κ2) is 8.11. The number of ether oxygens (including phenoxy) is 1. The van der Waals surface area contributed by atoms with Gasteiger partial charge in [-0.25, -0.2) is 4.98 Å². The average Bonchev–Trinajstić information content (AvgIpc) is 3.05. The standard InChI is InChI=1S/C22H27N3O2/c1-24-21-7-3-2-6-20(21)23-22(24)18-5-4-12-25(16-18)15-17-8-10-19(11-9-17)27-14-13-26/h2-3,6-11,18,26H,4-5,12-16H2,1H3/t18-/m1/s1. The van der Waals surface area contributed by atoms with Gasteiger partial charge in [-0.1, -0.05) is 24.3 Å². The van der Waals surface area contributed by atoms with Crippen molar-refractivity contribution in [2.75, 3.05) is 26.3 Å². The molecule has 1 fully saturated rings. The molecule has 0 bridgehead atoms. The highest BCUT2D eigenvalue weighted by molar-refractivity contribution is 5.75. The lowest BCUT2D eigenvalue weighted by molar-refractivity contribution is 0.194. The number of benzene rings is 2. The Bertz CT molecular complexity index is 888. The zero-order valence-corrected chi connectivity index (χ0v) is 15.8. The molecule has 1 aromatic heterocycles. The molecule has 5 nitrogen and oxygen atoms in total. The van der Waals surface area contributed by atoms with Gasteiger partial charge in [0.25, 0.3) is 0 Å². The fourth-order valence-corrected chi connectivity index (χ4v) is 4.05. The first-order valence-electron chi connectivity index (χ1n) is 9.71. The van der Waals surface area contributed by atoms with E-state index in [2.05, 4.69) is 52.9 Å². The SMILES string of the molecule is Cn1c([C@@H]2CCCN(Cc3ccc(OCCO)cc3)C2)nc2ccccc21. The smallest absolute Gasteiger partial charge is 0.119 e. The van der Waals surface area contributed by atoms with E-state index >= 15 is 0 Å². The molecule has 1 saturated heterocycles. The van der Waals surface area contributed by atoms with Crippen LogP contribution in [0.3, 0.4) is 0 Å². The lowest BCUT2D eigenvalue weighted by atomic mass is 9.96. The van der Waals surface area contributed by atoms with Crippen LogP contribution in [0.15, 0.2) is 48.5 Å². The number of aliphatic hydroxyl groups is 1. The zero-order valence-electron chi connectivity index (χ0n) is 15.8. The van der Waals surface area contributed by atoms with Crippen LogP contribution in [0.5, 0.6) is 5.75 Å². The molecule has 1 atom stereocenters. The van der Waals surface area contributed by atoms with E-state index in [1.807, 2.05) is 12.1 Å². The molecule has 5 heteroatoms. The second-order valence-electron chi connectivity index (χ2n) is 7.31. The molecule has 4 rings (SSSR count). The minimum Gasteiger partial charge on any atom is -0.491 e. The van der Waals surface area contributed by atoms with Crippen LogP contribution in [0.1, 0.15) is 30.1 Å². The van der Waals surface area contributed by atoms with Crippen molar-refractivity contribution in [1.29, 1.82) is 0 Å². The molecule has 142 valence electrons. The highest BCUT2D eigenvalue weighted by Gasteiger charge is 2.25. The number of rotatable bonds is 6. The van der Waals surface area contributed by atoms with Gasteiger partial charge in [0.05, 0.1) is 17.6 Å². The molecule has 1 aliphatic rings. The molecule has 0 radical (unpaired) electrons. The number of likely N-dealkylation sites (tertiary alicyclic amines) is 1. The number of para-hydroxylation sites is 2. The van der Waals surface area contributed by atoms with Crippen LogP contribution < -0.4 is 4.74 Å². The van der Waals surface area contributed by atoms with Crippen molar-refractivity contribution in [3.8, 4) is 5.75 Å². The van der Waals surface area contributed by atoms with Crippen molar-refractivity contribution in [2.45, 2.75) is 25.3 Å². The van der Waals surface area contributed by atoms with E-state index < -0.39 is 0 Å². The molecule has 0 aliphatic carbocycles. The number of fused-ring (bicyclic) bond motifs is 1. The van der Waals surface area contributed by atoms with Crippen molar-refractivity contribution >= 4 is 11.0 Å². The van der Waals surface area contributed by atoms with Gasteiger partial charge in [0.15, 0.2) is 0 Å². The van der Waals surface area contributed by atoms with Gasteiger partial charge in [-0.2, -0.15) is 0 Å². The Morgan fingerprint density at radius 2 is 1.96 bits per heavy atom. The molecule has 27 heavy (non-hydrogen) atoms. The van der Waals surface area contributed by atoms with Gasteiger partial charge in [-0.3, -0.25) is 4.90 Å².